The van der Waals surface area contributed by atoms with E-state index in [1.165, 1.54) is 0 Å². The van der Waals surface area contributed by atoms with Gasteiger partial charge in [0.15, 0.2) is 0 Å². The predicted molar refractivity (Wildman–Crippen MR) is 72.1 cm³/mol. The van der Waals surface area contributed by atoms with Crippen molar-refractivity contribution in [1.82, 2.24) is 0 Å². The number of rotatable bonds is 5. The zero-order valence-electron chi connectivity index (χ0n) is 11.6. The Bertz CT molecular complexity index is 447. The largest absolute Gasteiger partial charge is 0.507 e. The van der Waals surface area contributed by atoms with Crippen molar-refractivity contribution >= 4 is 5.97 Å². The zero-order chi connectivity index (χ0) is 13.9. The quantitative estimate of drug-likeness (QED) is 0.843. The monoisotopic (exact) mass is 250 g/mol. The summed E-state index contributed by atoms with van der Waals surface area (Å²) < 4.78 is 0. The molecule has 0 bridgehead atoms. The van der Waals surface area contributed by atoms with E-state index < -0.39 is 5.97 Å². The van der Waals surface area contributed by atoms with Crippen molar-refractivity contribution in [2.24, 2.45) is 0 Å². The summed E-state index contributed by atoms with van der Waals surface area (Å²) in [5.41, 5.74) is 2.28. The van der Waals surface area contributed by atoms with Crippen molar-refractivity contribution in [3.8, 4) is 5.75 Å². The van der Waals surface area contributed by atoms with Crippen LogP contribution in [0.25, 0.3) is 0 Å². The van der Waals surface area contributed by atoms with Gasteiger partial charge in [-0.05, 0) is 29.4 Å². The molecule has 0 saturated heterocycles. The molecule has 2 N–H and O–H groups in total. The second-order valence-electron chi connectivity index (χ2n) is 5.31. The SMILES string of the molecule is CCc1cc(CC(=O)O)cc(C(C)(C)CC)c1O. The third-order valence-corrected chi connectivity index (χ3v) is 3.60. The molecule has 1 aromatic rings. The molecule has 1 aromatic carbocycles. The molecule has 0 aliphatic carbocycles. The van der Waals surface area contributed by atoms with Gasteiger partial charge in [0.05, 0.1) is 6.42 Å². The van der Waals surface area contributed by atoms with Crippen molar-refractivity contribution in [3.05, 3.63) is 28.8 Å². The molecule has 0 aliphatic rings. The molecule has 0 spiro atoms. The van der Waals surface area contributed by atoms with Crippen LogP contribution in [0.2, 0.25) is 0 Å². The highest BCUT2D eigenvalue weighted by molar-refractivity contribution is 5.70. The molecule has 0 amide bonds. The number of aryl methyl sites for hydroxylation is 1. The molecule has 0 radical (unpaired) electrons. The molecule has 1 rings (SSSR count). The minimum absolute atomic E-state index is 0.0000737. The number of phenols is 1. The van der Waals surface area contributed by atoms with Crippen LogP contribution in [0.4, 0.5) is 0 Å². The van der Waals surface area contributed by atoms with Crippen molar-refractivity contribution in [2.75, 3.05) is 0 Å². The number of carboxylic acids is 1. The van der Waals surface area contributed by atoms with Gasteiger partial charge in [-0.15, -0.1) is 0 Å². The minimum Gasteiger partial charge on any atom is -0.507 e. The molecule has 0 fully saturated rings. The van der Waals surface area contributed by atoms with Gasteiger partial charge in [-0.2, -0.15) is 0 Å². The molecule has 0 unspecified atom stereocenters. The Morgan fingerprint density at radius 1 is 1.28 bits per heavy atom. The number of hydrogen-bond acceptors (Lipinski definition) is 2. The molecule has 0 atom stereocenters. The molecular formula is C15H22O3. The minimum atomic E-state index is -0.844. The highest BCUT2D eigenvalue weighted by atomic mass is 16.4. The Balaban J connectivity index is 3.36. The van der Waals surface area contributed by atoms with E-state index in [4.69, 9.17) is 5.11 Å². The van der Waals surface area contributed by atoms with Crippen molar-refractivity contribution in [2.45, 2.75) is 52.4 Å². The van der Waals surface area contributed by atoms with Crippen LogP contribution in [0, 0.1) is 0 Å². The summed E-state index contributed by atoms with van der Waals surface area (Å²) in [4.78, 5) is 10.8. The number of carbonyl (C=O) groups is 1. The van der Waals surface area contributed by atoms with Crippen LogP contribution in [-0.4, -0.2) is 16.2 Å². The zero-order valence-corrected chi connectivity index (χ0v) is 11.6. The smallest absolute Gasteiger partial charge is 0.307 e. The second kappa shape index (κ2) is 5.42. The van der Waals surface area contributed by atoms with Crippen LogP contribution in [0.3, 0.4) is 0 Å². The number of hydrogen-bond donors (Lipinski definition) is 2. The van der Waals surface area contributed by atoms with E-state index in [9.17, 15) is 9.90 Å². The van der Waals surface area contributed by atoms with E-state index in [-0.39, 0.29) is 11.8 Å². The first-order valence-electron chi connectivity index (χ1n) is 6.38. The maximum Gasteiger partial charge on any atom is 0.307 e. The van der Waals surface area contributed by atoms with Gasteiger partial charge >= 0.3 is 5.97 Å². The van der Waals surface area contributed by atoms with E-state index in [0.29, 0.717) is 12.2 Å². The molecular weight excluding hydrogens is 228 g/mol. The Kier molecular flexibility index (Phi) is 4.38. The van der Waals surface area contributed by atoms with Crippen LogP contribution in [0.15, 0.2) is 12.1 Å². The summed E-state index contributed by atoms with van der Waals surface area (Å²) in [6, 6.07) is 3.62. The van der Waals surface area contributed by atoms with E-state index >= 15 is 0 Å². The molecule has 18 heavy (non-hydrogen) atoms. The Morgan fingerprint density at radius 2 is 1.89 bits per heavy atom. The Hall–Kier alpha value is -1.51. The number of aliphatic carboxylic acids is 1. The molecule has 3 heteroatoms. The van der Waals surface area contributed by atoms with E-state index in [2.05, 4.69) is 20.8 Å². The first-order chi connectivity index (χ1) is 8.31. The van der Waals surface area contributed by atoms with Crippen LogP contribution in [0.5, 0.6) is 5.75 Å². The lowest BCUT2D eigenvalue weighted by molar-refractivity contribution is -0.136. The first-order valence-corrected chi connectivity index (χ1v) is 6.38. The predicted octanol–water partition coefficient (Wildman–Crippen LogP) is 3.27. The number of benzene rings is 1. The topological polar surface area (TPSA) is 57.5 Å². The maximum atomic E-state index is 10.8. The standard InChI is InChI=1S/C15H22O3/c1-5-11-7-10(9-13(16)17)8-12(14(11)18)15(3,4)6-2/h7-8,18H,5-6,9H2,1-4H3,(H,16,17). The molecule has 0 aliphatic heterocycles. The number of carboxylic acid groups (broad SMARTS) is 1. The lowest BCUT2D eigenvalue weighted by atomic mass is 9.79. The van der Waals surface area contributed by atoms with Crippen molar-refractivity contribution in [3.63, 3.8) is 0 Å². The fourth-order valence-corrected chi connectivity index (χ4v) is 2.01. The fraction of sp³-hybridized carbons (Fsp3) is 0.533. The summed E-state index contributed by atoms with van der Waals surface area (Å²) in [5.74, 6) is -0.526. The average Bonchev–Trinajstić information content (AvgIpc) is 2.30. The third-order valence-electron chi connectivity index (χ3n) is 3.60. The van der Waals surface area contributed by atoms with E-state index in [1.807, 2.05) is 13.0 Å². The number of aromatic hydroxyl groups is 1. The van der Waals surface area contributed by atoms with Gasteiger partial charge in [-0.25, -0.2) is 0 Å². The van der Waals surface area contributed by atoms with Crippen LogP contribution in [0.1, 0.15) is 50.8 Å². The van der Waals surface area contributed by atoms with Gasteiger partial charge in [-0.1, -0.05) is 39.8 Å². The normalized spacial score (nSPS) is 11.6. The number of phenolic OH excluding ortho intramolecular Hbond substituents is 1. The Labute approximate surface area is 108 Å². The van der Waals surface area contributed by atoms with E-state index in [1.54, 1.807) is 6.07 Å². The third kappa shape index (κ3) is 3.03. The lowest BCUT2D eigenvalue weighted by Gasteiger charge is -2.26. The van der Waals surface area contributed by atoms with Gasteiger partial charge in [-0.3, -0.25) is 4.79 Å². The average molecular weight is 250 g/mol. The maximum absolute atomic E-state index is 10.8. The van der Waals surface area contributed by atoms with Gasteiger partial charge in [0.25, 0.3) is 0 Å². The van der Waals surface area contributed by atoms with Gasteiger partial charge in [0, 0.05) is 5.56 Å². The summed E-state index contributed by atoms with van der Waals surface area (Å²) in [6.45, 7) is 8.15. The van der Waals surface area contributed by atoms with Gasteiger partial charge in [0.1, 0.15) is 5.75 Å². The van der Waals surface area contributed by atoms with Crippen LogP contribution < -0.4 is 0 Å². The highest BCUT2D eigenvalue weighted by Crippen LogP contribution is 2.37. The van der Waals surface area contributed by atoms with Gasteiger partial charge < -0.3 is 10.2 Å². The highest BCUT2D eigenvalue weighted by Gasteiger charge is 2.24. The van der Waals surface area contributed by atoms with Crippen molar-refractivity contribution in [1.29, 1.82) is 0 Å². The summed E-state index contributed by atoms with van der Waals surface area (Å²) in [6.07, 6.45) is 1.59. The molecule has 0 saturated carbocycles. The van der Waals surface area contributed by atoms with Gasteiger partial charge in [0.2, 0.25) is 0 Å². The molecule has 0 heterocycles. The second-order valence-corrected chi connectivity index (χ2v) is 5.31. The lowest BCUT2D eigenvalue weighted by Crippen LogP contribution is -2.17. The first kappa shape index (κ1) is 14.6. The summed E-state index contributed by atoms with van der Waals surface area (Å²) in [7, 11) is 0. The molecule has 3 nitrogen and oxygen atoms in total. The summed E-state index contributed by atoms with van der Waals surface area (Å²) in [5, 5.41) is 19.2. The van der Waals surface area contributed by atoms with Crippen LogP contribution in [-0.2, 0) is 23.1 Å². The van der Waals surface area contributed by atoms with Crippen LogP contribution >= 0.6 is 0 Å². The van der Waals surface area contributed by atoms with Crippen molar-refractivity contribution < 1.29 is 15.0 Å². The molecule has 0 aromatic heterocycles. The van der Waals surface area contributed by atoms with E-state index in [0.717, 1.165) is 23.1 Å². The molecule has 100 valence electrons. The Morgan fingerprint density at radius 3 is 2.33 bits per heavy atom. The fourth-order valence-electron chi connectivity index (χ4n) is 2.01. The summed E-state index contributed by atoms with van der Waals surface area (Å²) >= 11 is 0.